The average molecular weight is 456 g/mol. The predicted molar refractivity (Wildman–Crippen MR) is 114 cm³/mol. The molecule has 2 aromatic heterocycles. The summed E-state index contributed by atoms with van der Waals surface area (Å²) in [5.41, 5.74) is 3.18. The van der Waals surface area contributed by atoms with Gasteiger partial charge in [-0.15, -0.1) is 0 Å². The number of halogens is 3. The molecule has 0 unspecified atom stereocenters. The van der Waals surface area contributed by atoms with Gasteiger partial charge in [0.15, 0.2) is 12.2 Å². The normalized spacial score (nSPS) is 11.6. The van der Waals surface area contributed by atoms with E-state index in [9.17, 15) is 18.0 Å². The Labute approximate surface area is 186 Å². The molecule has 2 heterocycles. The van der Waals surface area contributed by atoms with E-state index in [1.165, 1.54) is 12.1 Å². The Bertz CT molecular complexity index is 1300. The lowest BCUT2D eigenvalue weighted by atomic mass is 10.1. The van der Waals surface area contributed by atoms with Crippen LogP contribution >= 0.6 is 0 Å². The molecule has 4 rings (SSSR count). The Balaban J connectivity index is 1.51. The molecular weight excluding hydrogens is 437 g/mol. The summed E-state index contributed by atoms with van der Waals surface area (Å²) in [7, 11) is 0. The number of nitrogens with zero attached hydrogens (tertiary/aromatic N) is 2. The number of carboxylic acid groups (broad SMARTS) is 1. The molecule has 2 aromatic carbocycles. The van der Waals surface area contributed by atoms with Crippen molar-refractivity contribution >= 4 is 16.9 Å². The van der Waals surface area contributed by atoms with Gasteiger partial charge in [-0.05, 0) is 61.7 Å². The van der Waals surface area contributed by atoms with Crippen LogP contribution in [0.1, 0.15) is 22.5 Å². The number of hydrogen-bond acceptors (Lipinski definition) is 5. The summed E-state index contributed by atoms with van der Waals surface area (Å²) in [6, 6.07) is 13.7. The van der Waals surface area contributed by atoms with E-state index in [0.717, 1.165) is 28.8 Å². The van der Waals surface area contributed by atoms with Gasteiger partial charge in [0.05, 0.1) is 17.0 Å². The van der Waals surface area contributed by atoms with E-state index in [1.54, 1.807) is 31.2 Å². The molecular formula is C24H19F3N2O4. The largest absolute Gasteiger partial charge is 0.482 e. The Morgan fingerprint density at radius 1 is 1.09 bits per heavy atom. The van der Waals surface area contributed by atoms with Crippen LogP contribution in [0.5, 0.6) is 5.75 Å². The van der Waals surface area contributed by atoms with Crippen molar-refractivity contribution in [3.8, 4) is 17.0 Å². The van der Waals surface area contributed by atoms with E-state index >= 15 is 0 Å². The van der Waals surface area contributed by atoms with Crippen LogP contribution in [0.3, 0.4) is 0 Å². The molecule has 0 bridgehead atoms. The van der Waals surface area contributed by atoms with Gasteiger partial charge in [0.1, 0.15) is 5.75 Å². The minimum Gasteiger partial charge on any atom is -0.482 e. The second-order valence-electron chi connectivity index (χ2n) is 7.51. The number of aromatic nitrogens is 2. The molecule has 0 amide bonds. The molecule has 0 radical (unpaired) electrons. The molecule has 170 valence electrons. The molecule has 9 heteroatoms. The molecule has 6 nitrogen and oxygen atoms in total. The Kier molecular flexibility index (Phi) is 6.04. The van der Waals surface area contributed by atoms with Gasteiger partial charge >= 0.3 is 12.1 Å². The lowest BCUT2D eigenvalue weighted by Crippen LogP contribution is -2.10. The van der Waals surface area contributed by atoms with Gasteiger partial charge in [-0.2, -0.15) is 13.2 Å². The molecule has 0 saturated carbocycles. The summed E-state index contributed by atoms with van der Waals surface area (Å²) < 4.78 is 49.1. The summed E-state index contributed by atoms with van der Waals surface area (Å²) >= 11 is 0. The zero-order valence-electron chi connectivity index (χ0n) is 17.5. The fourth-order valence-corrected chi connectivity index (χ4v) is 3.45. The molecule has 0 saturated heterocycles. The number of hydrogen-bond donors (Lipinski definition) is 1. The minimum atomic E-state index is -4.38. The molecule has 0 spiro atoms. The van der Waals surface area contributed by atoms with Gasteiger partial charge in [-0.1, -0.05) is 23.4 Å². The summed E-state index contributed by atoms with van der Waals surface area (Å²) in [5.74, 6) is -0.629. The highest BCUT2D eigenvalue weighted by atomic mass is 19.4. The van der Waals surface area contributed by atoms with Crippen molar-refractivity contribution in [3.63, 3.8) is 0 Å². The molecule has 33 heavy (non-hydrogen) atoms. The second-order valence-corrected chi connectivity index (χ2v) is 7.51. The SMILES string of the molecule is Cc1cc2onc(CCc3cccc(-c4ccc(C(F)(F)F)cc4)n3)c2cc1OCC(=O)O. The fraction of sp³-hybridized carbons (Fsp3) is 0.208. The monoisotopic (exact) mass is 456 g/mol. The average Bonchev–Trinajstić information content (AvgIpc) is 3.17. The van der Waals surface area contributed by atoms with Gasteiger partial charge in [-0.25, -0.2) is 4.79 Å². The molecule has 0 aliphatic heterocycles. The van der Waals surface area contributed by atoms with Crippen LogP contribution in [0.2, 0.25) is 0 Å². The minimum absolute atomic E-state index is 0.441. The molecule has 0 aliphatic rings. The Morgan fingerprint density at radius 3 is 2.55 bits per heavy atom. The summed E-state index contributed by atoms with van der Waals surface area (Å²) in [5, 5.41) is 13.7. The molecule has 4 aromatic rings. The molecule has 0 atom stereocenters. The number of rotatable bonds is 7. The third kappa shape index (κ3) is 5.14. The number of ether oxygens (including phenoxy) is 1. The zero-order chi connectivity index (χ0) is 23.6. The van der Waals surface area contributed by atoms with Gasteiger partial charge in [0, 0.05) is 16.6 Å². The van der Waals surface area contributed by atoms with E-state index in [-0.39, 0.29) is 0 Å². The predicted octanol–water partition coefficient (Wildman–Crippen LogP) is 5.47. The van der Waals surface area contributed by atoms with Crippen LogP contribution < -0.4 is 4.74 Å². The maximum absolute atomic E-state index is 12.8. The third-order valence-electron chi connectivity index (χ3n) is 5.13. The van der Waals surface area contributed by atoms with E-state index in [1.807, 2.05) is 6.07 Å². The van der Waals surface area contributed by atoms with E-state index < -0.39 is 24.3 Å². The van der Waals surface area contributed by atoms with Crippen molar-refractivity contribution < 1.29 is 32.3 Å². The van der Waals surface area contributed by atoms with Crippen molar-refractivity contribution in [3.05, 3.63) is 77.1 Å². The lowest BCUT2D eigenvalue weighted by molar-refractivity contribution is -0.139. The number of aryl methyl sites for hydroxylation is 3. The van der Waals surface area contributed by atoms with Gasteiger partial charge in [0.2, 0.25) is 0 Å². The Morgan fingerprint density at radius 2 is 1.85 bits per heavy atom. The van der Waals surface area contributed by atoms with Gasteiger partial charge in [-0.3, -0.25) is 4.98 Å². The van der Waals surface area contributed by atoms with Crippen LogP contribution in [0, 0.1) is 6.92 Å². The quantitative estimate of drug-likeness (QED) is 0.397. The maximum Gasteiger partial charge on any atom is 0.416 e. The fourth-order valence-electron chi connectivity index (χ4n) is 3.45. The first-order valence-corrected chi connectivity index (χ1v) is 10.1. The number of benzene rings is 2. The second kappa shape index (κ2) is 8.93. The van der Waals surface area contributed by atoms with Gasteiger partial charge < -0.3 is 14.4 Å². The first-order chi connectivity index (χ1) is 15.7. The van der Waals surface area contributed by atoms with Crippen molar-refractivity contribution in [2.75, 3.05) is 6.61 Å². The number of pyridine rings is 1. The maximum atomic E-state index is 12.8. The zero-order valence-corrected chi connectivity index (χ0v) is 17.5. The van der Waals surface area contributed by atoms with Crippen molar-refractivity contribution in [2.45, 2.75) is 25.9 Å². The number of carbonyl (C=O) groups is 1. The lowest BCUT2D eigenvalue weighted by Gasteiger charge is -2.08. The topological polar surface area (TPSA) is 85.5 Å². The van der Waals surface area contributed by atoms with E-state index in [0.29, 0.717) is 41.1 Å². The van der Waals surface area contributed by atoms with Crippen LogP contribution in [-0.2, 0) is 23.8 Å². The summed E-state index contributed by atoms with van der Waals surface area (Å²) in [6.45, 7) is 1.34. The smallest absolute Gasteiger partial charge is 0.416 e. The van der Waals surface area contributed by atoms with E-state index in [2.05, 4.69) is 10.1 Å². The highest BCUT2D eigenvalue weighted by Gasteiger charge is 2.30. The van der Waals surface area contributed by atoms with Crippen LogP contribution in [0.4, 0.5) is 13.2 Å². The molecule has 0 fully saturated rings. The Hall–Kier alpha value is -3.88. The molecule has 0 aliphatic carbocycles. The molecule has 1 N–H and O–H groups in total. The first kappa shape index (κ1) is 22.3. The summed E-state index contributed by atoms with van der Waals surface area (Å²) in [4.78, 5) is 15.4. The number of carboxylic acids is 1. The third-order valence-corrected chi connectivity index (χ3v) is 5.13. The summed E-state index contributed by atoms with van der Waals surface area (Å²) in [6.07, 6.45) is -3.36. The van der Waals surface area contributed by atoms with Gasteiger partial charge in [0.25, 0.3) is 0 Å². The standard InChI is InChI=1S/C24H19F3N2O4/c1-14-11-22-18(12-21(14)32-13-23(30)31)20(29-33-22)10-9-17-3-2-4-19(28-17)15-5-7-16(8-6-15)24(25,26)27/h2-8,11-12H,9-10,13H2,1H3,(H,30,31). The number of alkyl halides is 3. The van der Waals surface area contributed by atoms with Crippen molar-refractivity contribution in [2.24, 2.45) is 0 Å². The van der Waals surface area contributed by atoms with Crippen molar-refractivity contribution in [1.29, 1.82) is 0 Å². The number of fused-ring (bicyclic) bond motifs is 1. The highest BCUT2D eigenvalue weighted by molar-refractivity contribution is 5.82. The first-order valence-electron chi connectivity index (χ1n) is 10.1. The van der Waals surface area contributed by atoms with E-state index in [4.69, 9.17) is 14.4 Å². The highest BCUT2D eigenvalue weighted by Crippen LogP contribution is 2.31. The van der Waals surface area contributed by atoms with Crippen LogP contribution in [0.25, 0.3) is 22.2 Å². The van der Waals surface area contributed by atoms with Crippen LogP contribution in [0.15, 0.2) is 59.1 Å². The van der Waals surface area contributed by atoms with Crippen LogP contribution in [-0.4, -0.2) is 27.8 Å². The van der Waals surface area contributed by atoms with Crippen molar-refractivity contribution in [1.82, 2.24) is 10.1 Å². The number of aliphatic carboxylic acids is 1.